The summed E-state index contributed by atoms with van der Waals surface area (Å²) >= 11 is 1.66. The lowest BCUT2D eigenvalue weighted by Gasteiger charge is -2.17. The molecule has 3 aromatic heterocycles. The van der Waals surface area contributed by atoms with Gasteiger partial charge in [0, 0.05) is 4.88 Å². The van der Waals surface area contributed by atoms with Gasteiger partial charge in [0.1, 0.15) is 4.83 Å². The van der Waals surface area contributed by atoms with Gasteiger partial charge in [0.2, 0.25) is 0 Å². The number of hydrogen-bond donors (Lipinski definition) is 0. The van der Waals surface area contributed by atoms with Crippen LogP contribution in [0.2, 0.25) is 0 Å². The van der Waals surface area contributed by atoms with Gasteiger partial charge < -0.3 is 0 Å². The fourth-order valence-electron chi connectivity index (χ4n) is 3.57. The van der Waals surface area contributed by atoms with E-state index in [0.717, 1.165) is 35.2 Å². The third kappa shape index (κ3) is 1.81. The van der Waals surface area contributed by atoms with Crippen molar-refractivity contribution in [3.05, 3.63) is 51.1 Å². The third-order valence-electron chi connectivity index (χ3n) is 4.77. The summed E-state index contributed by atoms with van der Waals surface area (Å²) in [6, 6.07) is 9.57. The number of para-hydroxylation sites is 1. The molecule has 1 unspecified atom stereocenters. The monoisotopic (exact) mass is 337 g/mol. The molecule has 0 radical (unpaired) electrons. The molecule has 0 amide bonds. The predicted octanol–water partition coefficient (Wildman–Crippen LogP) is 2.61. The van der Waals surface area contributed by atoms with Crippen molar-refractivity contribution in [3.63, 3.8) is 0 Å². The number of thiophene rings is 1. The summed E-state index contributed by atoms with van der Waals surface area (Å²) in [4.78, 5) is 15.5. The second-order valence-electron chi connectivity index (χ2n) is 6.40. The van der Waals surface area contributed by atoms with Crippen molar-refractivity contribution in [3.8, 4) is 5.69 Å². The number of rotatable bonds is 1. The van der Waals surface area contributed by atoms with Crippen LogP contribution < -0.4 is 5.56 Å². The van der Waals surface area contributed by atoms with Crippen LogP contribution in [-0.2, 0) is 12.8 Å². The Labute approximate surface area is 141 Å². The number of fused-ring (bicyclic) bond motifs is 5. The van der Waals surface area contributed by atoms with Gasteiger partial charge in [-0.3, -0.25) is 4.79 Å². The van der Waals surface area contributed by atoms with Gasteiger partial charge in [-0.25, -0.2) is 4.57 Å². The van der Waals surface area contributed by atoms with Crippen molar-refractivity contribution in [1.29, 1.82) is 0 Å². The highest BCUT2D eigenvalue weighted by Gasteiger charge is 2.26. The molecule has 1 aliphatic carbocycles. The summed E-state index contributed by atoms with van der Waals surface area (Å²) in [6.07, 6.45) is 3.11. The van der Waals surface area contributed by atoms with Crippen molar-refractivity contribution >= 4 is 27.3 Å². The van der Waals surface area contributed by atoms with Gasteiger partial charge in [-0.05, 0) is 53.3 Å². The van der Waals surface area contributed by atoms with Gasteiger partial charge >= 0.3 is 0 Å². The van der Waals surface area contributed by atoms with Crippen LogP contribution >= 0.6 is 11.3 Å². The molecule has 0 aliphatic heterocycles. The van der Waals surface area contributed by atoms with E-state index in [0.29, 0.717) is 11.7 Å². The van der Waals surface area contributed by atoms with E-state index in [9.17, 15) is 4.79 Å². The molecule has 120 valence electrons. The van der Waals surface area contributed by atoms with E-state index in [2.05, 4.69) is 22.4 Å². The number of benzene rings is 1. The van der Waals surface area contributed by atoms with E-state index < -0.39 is 0 Å². The van der Waals surface area contributed by atoms with Crippen LogP contribution in [0.5, 0.6) is 0 Å². The molecule has 0 spiro atoms. The molecule has 7 heteroatoms. The van der Waals surface area contributed by atoms with Crippen LogP contribution in [0.15, 0.2) is 35.1 Å². The summed E-state index contributed by atoms with van der Waals surface area (Å²) in [5.41, 5.74) is 1.96. The van der Waals surface area contributed by atoms with Gasteiger partial charge in [0.15, 0.2) is 0 Å². The highest BCUT2D eigenvalue weighted by molar-refractivity contribution is 7.18. The van der Waals surface area contributed by atoms with Crippen molar-refractivity contribution in [2.75, 3.05) is 0 Å². The molecule has 1 aromatic carbocycles. The lowest BCUT2D eigenvalue weighted by molar-refractivity contribution is 0.509. The van der Waals surface area contributed by atoms with Gasteiger partial charge in [-0.1, -0.05) is 30.2 Å². The Hall–Kier alpha value is -2.54. The summed E-state index contributed by atoms with van der Waals surface area (Å²) in [6.45, 7) is 2.27. The number of aryl methyl sites for hydroxylation is 1. The minimum absolute atomic E-state index is 0.0226. The summed E-state index contributed by atoms with van der Waals surface area (Å²) < 4.78 is 3.32. The van der Waals surface area contributed by atoms with E-state index in [1.807, 2.05) is 30.3 Å². The molecular weight excluding hydrogens is 322 g/mol. The lowest BCUT2D eigenvalue weighted by Crippen LogP contribution is -2.22. The molecule has 1 aliphatic rings. The molecule has 0 saturated heterocycles. The minimum Gasteiger partial charge on any atom is -0.268 e. The molecule has 0 saturated carbocycles. The average Bonchev–Trinajstić information content (AvgIpc) is 3.20. The molecule has 4 aromatic rings. The van der Waals surface area contributed by atoms with Crippen molar-refractivity contribution in [2.24, 2.45) is 5.92 Å². The van der Waals surface area contributed by atoms with Gasteiger partial charge in [-0.2, -0.15) is 4.52 Å². The van der Waals surface area contributed by atoms with Gasteiger partial charge in [0.25, 0.3) is 11.3 Å². The normalized spacial score (nSPS) is 17.5. The largest absolute Gasteiger partial charge is 0.268 e. The van der Waals surface area contributed by atoms with Crippen LogP contribution in [0.3, 0.4) is 0 Å². The van der Waals surface area contributed by atoms with E-state index in [4.69, 9.17) is 0 Å². The second kappa shape index (κ2) is 4.98. The van der Waals surface area contributed by atoms with Crippen molar-refractivity contribution in [2.45, 2.75) is 26.2 Å². The highest BCUT2D eigenvalue weighted by atomic mass is 32.1. The molecule has 0 fully saturated rings. The minimum atomic E-state index is -0.0226. The van der Waals surface area contributed by atoms with Crippen LogP contribution in [0.25, 0.3) is 21.7 Å². The molecule has 5 rings (SSSR count). The maximum atomic E-state index is 13.3. The molecular formula is C17H15N5OS. The van der Waals surface area contributed by atoms with Crippen LogP contribution in [0.4, 0.5) is 0 Å². The highest BCUT2D eigenvalue weighted by Crippen LogP contribution is 2.36. The summed E-state index contributed by atoms with van der Waals surface area (Å²) in [5, 5.41) is 12.8. The molecule has 0 N–H and O–H groups in total. The zero-order chi connectivity index (χ0) is 16.3. The third-order valence-corrected chi connectivity index (χ3v) is 6.00. The molecule has 0 bridgehead atoms. The zero-order valence-electron chi connectivity index (χ0n) is 13.1. The number of aromatic nitrogens is 5. The average molecular weight is 337 g/mol. The predicted molar refractivity (Wildman–Crippen MR) is 93.0 cm³/mol. The maximum Gasteiger partial charge on any atom is 0.268 e. The van der Waals surface area contributed by atoms with Crippen LogP contribution in [-0.4, -0.2) is 24.6 Å². The topological polar surface area (TPSA) is 65.1 Å². The first kappa shape index (κ1) is 13.9. The number of hydrogen-bond acceptors (Lipinski definition) is 5. The van der Waals surface area contributed by atoms with Gasteiger partial charge in [0.05, 0.1) is 11.1 Å². The first-order valence-corrected chi connectivity index (χ1v) is 8.88. The maximum absolute atomic E-state index is 13.3. The first-order valence-electron chi connectivity index (χ1n) is 8.07. The second-order valence-corrected chi connectivity index (χ2v) is 7.48. The molecule has 6 nitrogen and oxygen atoms in total. The number of nitrogens with zero attached hydrogens (tertiary/aromatic N) is 5. The van der Waals surface area contributed by atoms with E-state index in [-0.39, 0.29) is 5.56 Å². The van der Waals surface area contributed by atoms with Crippen LogP contribution in [0.1, 0.15) is 23.8 Å². The SMILES string of the molecule is CC1CCc2c(sc3c2c(=O)n(-c2ccccc2)c2nnnn32)C1. The Bertz CT molecular complexity index is 1120. The van der Waals surface area contributed by atoms with Crippen LogP contribution in [0, 0.1) is 5.92 Å². The lowest BCUT2D eigenvalue weighted by atomic mass is 9.89. The first-order chi connectivity index (χ1) is 11.7. The number of tetrazole rings is 1. The van der Waals surface area contributed by atoms with Crippen molar-refractivity contribution in [1.82, 2.24) is 24.6 Å². The summed E-state index contributed by atoms with van der Waals surface area (Å²) in [5.74, 6) is 1.12. The zero-order valence-corrected chi connectivity index (χ0v) is 14.0. The Balaban J connectivity index is 1.95. The smallest absolute Gasteiger partial charge is 0.268 e. The fraction of sp³-hybridized carbons (Fsp3) is 0.294. The Kier molecular flexibility index (Phi) is 2.87. The van der Waals surface area contributed by atoms with Crippen molar-refractivity contribution < 1.29 is 0 Å². The molecule has 24 heavy (non-hydrogen) atoms. The van der Waals surface area contributed by atoms with Gasteiger partial charge in [-0.15, -0.1) is 11.3 Å². The molecule has 3 heterocycles. The molecule has 1 atom stereocenters. The van der Waals surface area contributed by atoms with E-state index in [1.165, 1.54) is 10.4 Å². The summed E-state index contributed by atoms with van der Waals surface area (Å²) in [7, 11) is 0. The standard InChI is InChI=1S/C17H15N5OS/c1-10-7-8-12-13(9-10)24-16-14(12)15(23)21(11-5-3-2-4-6-11)17-18-19-20-22(16)17/h2-6,10H,7-9H2,1H3. The Morgan fingerprint density at radius 2 is 2.08 bits per heavy atom. The quantitative estimate of drug-likeness (QED) is 0.535. The van der Waals surface area contributed by atoms with E-state index in [1.54, 1.807) is 20.4 Å². The Morgan fingerprint density at radius 1 is 1.25 bits per heavy atom. The van der Waals surface area contributed by atoms with E-state index >= 15 is 0 Å². The fourth-order valence-corrected chi connectivity index (χ4v) is 5.02. The Morgan fingerprint density at radius 3 is 2.92 bits per heavy atom.